The van der Waals surface area contributed by atoms with Crippen molar-refractivity contribution in [3.63, 3.8) is 0 Å². The van der Waals surface area contributed by atoms with Gasteiger partial charge in [-0.05, 0) is 24.8 Å². The van der Waals surface area contributed by atoms with Crippen LogP contribution in [0.15, 0.2) is 18.6 Å². The van der Waals surface area contributed by atoms with Crippen molar-refractivity contribution in [2.45, 2.75) is 44.9 Å². The minimum Gasteiger partial charge on any atom is -0.396 e. The van der Waals surface area contributed by atoms with Crippen molar-refractivity contribution in [3.8, 4) is 0 Å². The Labute approximate surface area is 158 Å². The smallest absolute Gasteiger partial charge is 0.255 e. The van der Waals surface area contributed by atoms with Crippen molar-refractivity contribution < 1.29 is 14.6 Å². The summed E-state index contributed by atoms with van der Waals surface area (Å²) >= 11 is 0. The van der Waals surface area contributed by atoms with Crippen molar-refractivity contribution in [1.29, 1.82) is 0 Å². The molecule has 7 heteroatoms. The first-order chi connectivity index (χ1) is 13.0. The Hall–Kier alpha value is -1.99. The zero-order valence-electron chi connectivity index (χ0n) is 15.8. The fourth-order valence-electron chi connectivity index (χ4n) is 5.36. The molecule has 2 aromatic heterocycles. The summed E-state index contributed by atoms with van der Waals surface area (Å²) in [7, 11) is 0. The fourth-order valence-corrected chi connectivity index (χ4v) is 5.36. The highest BCUT2D eigenvalue weighted by Crippen LogP contribution is 2.54. The Balaban J connectivity index is 1.39. The van der Waals surface area contributed by atoms with E-state index in [2.05, 4.69) is 23.8 Å². The van der Waals surface area contributed by atoms with Crippen LogP contribution in [0.3, 0.4) is 0 Å². The Bertz CT molecular complexity index is 894. The van der Waals surface area contributed by atoms with Crippen LogP contribution in [-0.2, 0) is 11.3 Å². The zero-order chi connectivity index (χ0) is 18.8. The van der Waals surface area contributed by atoms with Crippen LogP contribution in [-0.4, -0.2) is 61.9 Å². The molecule has 2 bridgehead atoms. The summed E-state index contributed by atoms with van der Waals surface area (Å²) in [5.74, 6) is 0.884. The minimum atomic E-state index is -0.246. The second-order valence-electron chi connectivity index (χ2n) is 8.76. The molecule has 0 unspecified atom stereocenters. The Morgan fingerprint density at radius 1 is 1.44 bits per heavy atom. The molecule has 3 fully saturated rings. The van der Waals surface area contributed by atoms with Crippen LogP contribution in [0, 0.1) is 17.8 Å². The van der Waals surface area contributed by atoms with Gasteiger partial charge < -0.3 is 19.3 Å². The van der Waals surface area contributed by atoms with Crippen LogP contribution in [0.4, 0.5) is 0 Å². The number of aliphatic hydroxyl groups is 1. The molecule has 4 atom stereocenters. The van der Waals surface area contributed by atoms with Gasteiger partial charge in [0.15, 0.2) is 5.65 Å². The second kappa shape index (κ2) is 6.01. The number of ether oxygens (including phenoxy) is 1. The van der Waals surface area contributed by atoms with Gasteiger partial charge in [-0.3, -0.25) is 4.79 Å². The van der Waals surface area contributed by atoms with Gasteiger partial charge in [-0.2, -0.15) is 0 Å². The molecule has 3 aliphatic rings. The zero-order valence-corrected chi connectivity index (χ0v) is 15.8. The summed E-state index contributed by atoms with van der Waals surface area (Å²) in [6.07, 6.45) is 5.60. The van der Waals surface area contributed by atoms with Gasteiger partial charge in [-0.15, -0.1) is 0 Å². The molecule has 1 N–H and O–H groups in total. The van der Waals surface area contributed by atoms with E-state index >= 15 is 0 Å². The first-order valence-electron chi connectivity index (χ1n) is 9.89. The largest absolute Gasteiger partial charge is 0.396 e. The maximum atomic E-state index is 13.1. The van der Waals surface area contributed by atoms with Crippen LogP contribution in [0.25, 0.3) is 11.2 Å². The van der Waals surface area contributed by atoms with Crippen molar-refractivity contribution >= 4 is 17.1 Å². The molecule has 5 heterocycles. The standard InChI is InChI=1S/C20H26N4O3/c1-12(2)7-24-11-22-16-5-13(6-21-18(16)24)19(26)23-8-15-14(9-25)17-3-4-20(15,10-23)27-17/h5-6,11-12,14-15,17,25H,3-4,7-10H2,1-2H3/t14-,15+,17+,20+/m1/s1. The number of carbonyl (C=O) groups excluding carboxylic acids is 1. The molecule has 0 aromatic carbocycles. The predicted octanol–water partition coefficient (Wildman–Crippen LogP) is 1.70. The molecule has 0 aliphatic carbocycles. The van der Waals surface area contributed by atoms with Crippen molar-refractivity contribution in [2.24, 2.45) is 17.8 Å². The molecule has 1 spiro atoms. The lowest BCUT2D eigenvalue weighted by Gasteiger charge is -2.27. The van der Waals surface area contributed by atoms with Crippen molar-refractivity contribution in [1.82, 2.24) is 19.4 Å². The monoisotopic (exact) mass is 370 g/mol. The molecule has 1 amide bonds. The minimum absolute atomic E-state index is 0.0182. The van der Waals surface area contributed by atoms with Crippen LogP contribution < -0.4 is 0 Å². The van der Waals surface area contributed by atoms with E-state index in [0.717, 1.165) is 30.6 Å². The summed E-state index contributed by atoms with van der Waals surface area (Å²) in [6.45, 7) is 6.57. The first-order valence-corrected chi connectivity index (χ1v) is 9.89. The Kier molecular flexibility index (Phi) is 3.81. The number of aliphatic hydroxyl groups excluding tert-OH is 1. The third-order valence-corrected chi connectivity index (χ3v) is 6.55. The molecule has 5 rings (SSSR count). The molecule has 144 valence electrons. The molecule has 0 radical (unpaired) electrons. The first kappa shape index (κ1) is 17.1. The van der Waals surface area contributed by atoms with Gasteiger partial charge in [-0.1, -0.05) is 13.8 Å². The molecule has 27 heavy (non-hydrogen) atoms. The van der Waals surface area contributed by atoms with Gasteiger partial charge in [0.1, 0.15) is 5.52 Å². The number of carbonyl (C=O) groups is 1. The second-order valence-corrected chi connectivity index (χ2v) is 8.76. The van der Waals surface area contributed by atoms with Crippen LogP contribution in [0.5, 0.6) is 0 Å². The van der Waals surface area contributed by atoms with E-state index in [9.17, 15) is 9.90 Å². The lowest BCUT2D eigenvalue weighted by atomic mass is 9.74. The maximum absolute atomic E-state index is 13.1. The van der Waals surface area contributed by atoms with Crippen LogP contribution >= 0.6 is 0 Å². The number of hydrogen-bond acceptors (Lipinski definition) is 5. The van der Waals surface area contributed by atoms with E-state index < -0.39 is 0 Å². The molecule has 2 aromatic rings. The number of nitrogens with zero attached hydrogens (tertiary/aromatic N) is 4. The number of fused-ring (bicyclic) bond motifs is 2. The Morgan fingerprint density at radius 2 is 2.30 bits per heavy atom. The number of amides is 1. The SMILES string of the molecule is CC(C)Cn1cnc2cc(C(=O)N3C[C@H]4[C@@H](CO)[C@@H]5CC[C@@]4(C3)O5)cnc21. The highest BCUT2D eigenvalue weighted by atomic mass is 16.5. The number of hydrogen-bond donors (Lipinski definition) is 1. The van der Waals surface area contributed by atoms with E-state index in [-0.39, 0.29) is 36.1 Å². The third kappa shape index (κ3) is 2.51. The fraction of sp³-hybridized carbons (Fsp3) is 0.650. The van der Waals surface area contributed by atoms with E-state index in [1.54, 1.807) is 12.5 Å². The third-order valence-electron chi connectivity index (χ3n) is 6.55. The summed E-state index contributed by atoms with van der Waals surface area (Å²) in [4.78, 5) is 23.9. The highest BCUT2D eigenvalue weighted by Gasteiger charge is 2.63. The molecular formula is C20H26N4O3. The van der Waals surface area contributed by atoms with Crippen molar-refractivity contribution in [2.75, 3.05) is 19.7 Å². The number of likely N-dealkylation sites (tertiary alicyclic amines) is 1. The maximum Gasteiger partial charge on any atom is 0.255 e. The van der Waals surface area contributed by atoms with Gasteiger partial charge in [0.25, 0.3) is 5.91 Å². The van der Waals surface area contributed by atoms with E-state index in [0.29, 0.717) is 24.6 Å². The molecular weight excluding hydrogens is 344 g/mol. The number of pyridine rings is 1. The predicted molar refractivity (Wildman–Crippen MR) is 99.2 cm³/mol. The quantitative estimate of drug-likeness (QED) is 0.886. The van der Waals surface area contributed by atoms with Crippen LogP contribution in [0.2, 0.25) is 0 Å². The lowest BCUT2D eigenvalue weighted by molar-refractivity contribution is 0.00154. The number of aromatic nitrogens is 3. The van der Waals surface area contributed by atoms with Crippen molar-refractivity contribution in [3.05, 3.63) is 24.2 Å². The van der Waals surface area contributed by atoms with E-state index in [4.69, 9.17) is 4.74 Å². The number of rotatable bonds is 4. The van der Waals surface area contributed by atoms with E-state index in [1.807, 2.05) is 15.5 Å². The summed E-state index contributed by atoms with van der Waals surface area (Å²) in [5.41, 5.74) is 1.90. The van der Waals surface area contributed by atoms with Gasteiger partial charge in [-0.25, -0.2) is 9.97 Å². The highest BCUT2D eigenvalue weighted by molar-refractivity contribution is 5.96. The van der Waals surface area contributed by atoms with Gasteiger partial charge in [0.05, 0.1) is 30.1 Å². The van der Waals surface area contributed by atoms with Gasteiger partial charge in [0.2, 0.25) is 0 Å². The van der Waals surface area contributed by atoms with Gasteiger partial charge >= 0.3 is 0 Å². The average Bonchev–Trinajstić information content (AvgIpc) is 3.38. The molecule has 0 saturated carbocycles. The summed E-state index contributed by atoms with van der Waals surface area (Å²) in [6, 6.07) is 1.84. The number of imidazole rings is 1. The lowest BCUT2D eigenvalue weighted by Crippen LogP contribution is -2.38. The topological polar surface area (TPSA) is 80.5 Å². The molecule has 7 nitrogen and oxygen atoms in total. The Morgan fingerprint density at radius 3 is 3.07 bits per heavy atom. The summed E-state index contributed by atoms with van der Waals surface area (Å²) < 4.78 is 8.26. The van der Waals surface area contributed by atoms with Crippen LogP contribution in [0.1, 0.15) is 37.0 Å². The average molecular weight is 370 g/mol. The molecule has 3 saturated heterocycles. The van der Waals surface area contributed by atoms with E-state index in [1.165, 1.54) is 0 Å². The summed E-state index contributed by atoms with van der Waals surface area (Å²) in [5, 5.41) is 9.75. The molecule has 3 aliphatic heterocycles. The normalized spacial score (nSPS) is 32.0. The van der Waals surface area contributed by atoms with Gasteiger partial charge in [0, 0.05) is 37.7 Å².